The van der Waals surface area contributed by atoms with Gasteiger partial charge in [0.05, 0.1) is 7.11 Å². The van der Waals surface area contributed by atoms with E-state index in [0.29, 0.717) is 29.1 Å². The summed E-state index contributed by atoms with van der Waals surface area (Å²) < 4.78 is 18.5. The van der Waals surface area contributed by atoms with Crippen molar-refractivity contribution in [2.75, 3.05) is 12.4 Å². The predicted octanol–water partition coefficient (Wildman–Crippen LogP) is 3.46. The van der Waals surface area contributed by atoms with Gasteiger partial charge >= 0.3 is 0 Å². The van der Waals surface area contributed by atoms with Gasteiger partial charge in [-0.3, -0.25) is 0 Å². The van der Waals surface area contributed by atoms with Crippen molar-refractivity contribution in [2.45, 2.75) is 13.5 Å². The molecule has 0 aromatic heterocycles. The lowest BCUT2D eigenvalue weighted by molar-refractivity contribution is 0.411. The van der Waals surface area contributed by atoms with E-state index in [9.17, 15) is 9.50 Å². The summed E-state index contributed by atoms with van der Waals surface area (Å²) in [6, 6.07) is 9.95. The van der Waals surface area contributed by atoms with Crippen LogP contribution < -0.4 is 10.1 Å². The third-order valence-electron chi connectivity index (χ3n) is 2.94. The van der Waals surface area contributed by atoms with E-state index in [0.717, 1.165) is 0 Å². The largest absolute Gasteiger partial charge is 0.508 e. The van der Waals surface area contributed by atoms with Gasteiger partial charge < -0.3 is 15.2 Å². The average Bonchev–Trinajstić information content (AvgIpc) is 2.41. The minimum atomic E-state index is -0.250. The SMILES string of the molecule is COc1ccc(O)c(CNc2ccc(C)c(F)c2)c1. The quantitative estimate of drug-likeness (QED) is 0.885. The van der Waals surface area contributed by atoms with Gasteiger partial charge in [-0.2, -0.15) is 0 Å². The lowest BCUT2D eigenvalue weighted by Crippen LogP contribution is -2.01. The van der Waals surface area contributed by atoms with Crippen LogP contribution in [0.15, 0.2) is 36.4 Å². The van der Waals surface area contributed by atoms with Crippen molar-refractivity contribution >= 4 is 5.69 Å². The number of halogens is 1. The molecule has 4 heteroatoms. The fourth-order valence-corrected chi connectivity index (χ4v) is 1.73. The van der Waals surface area contributed by atoms with Crippen LogP contribution in [-0.4, -0.2) is 12.2 Å². The molecule has 0 aliphatic heterocycles. The van der Waals surface area contributed by atoms with Crippen LogP contribution in [0.3, 0.4) is 0 Å². The highest BCUT2D eigenvalue weighted by Crippen LogP contribution is 2.24. The third kappa shape index (κ3) is 3.16. The monoisotopic (exact) mass is 261 g/mol. The Balaban J connectivity index is 2.11. The fourth-order valence-electron chi connectivity index (χ4n) is 1.73. The van der Waals surface area contributed by atoms with Gasteiger partial charge in [-0.25, -0.2) is 4.39 Å². The summed E-state index contributed by atoms with van der Waals surface area (Å²) >= 11 is 0. The van der Waals surface area contributed by atoms with Gasteiger partial charge in [0.2, 0.25) is 0 Å². The molecule has 0 radical (unpaired) electrons. The van der Waals surface area contributed by atoms with Crippen molar-refractivity contribution in [1.29, 1.82) is 0 Å². The number of ether oxygens (including phenoxy) is 1. The Morgan fingerprint density at radius 3 is 2.68 bits per heavy atom. The average molecular weight is 261 g/mol. The molecule has 3 nitrogen and oxygen atoms in total. The molecule has 0 saturated carbocycles. The summed E-state index contributed by atoms with van der Waals surface area (Å²) in [7, 11) is 1.57. The summed E-state index contributed by atoms with van der Waals surface area (Å²) in [4.78, 5) is 0. The molecule has 0 spiro atoms. The van der Waals surface area contributed by atoms with E-state index in [1.807, 2.05) is 0 Å². The number of hydrogen-bond donors (Lipinski definition) is 2. The first-order valence-corrected chi connectivity index (χ1v) is 5.96. The lowest BCUT2D eigenvalue weighted by atomic mass is 10.1. The predicted molar refractivity (Wildman–Crippen MR) is 73.1 cm³/mol. The van der Waals surface area contributed by atoms with E-state index in [2.05, 4.69) is 5.32 Å². The van der Waals surface area contributed by atoms with Crippen LogP contribution in [-0.2, 0) is 6.54 Å². The number of phenols is 1. The summed E-state index contributed by atoms with van der Waals surface area (Å²) in [5, 5.41) is 12.8. The van der Waals surface area contributed by atoms with Crippen LogP contribution in [0, 0.1) is 12.7 Å². The molecule has 2 aromatic carbocycles. The van der Waals surface area contributed by atoms with Crippen LogP contribution in [0.25, 0.3) is 0 Å². The van der Waals surface area contributed by atoms with Gasteiger partial charge in [0.15, 0.2) is 0 Å². The number of rotatable bonds is 4. The molecule has 2 aromatic rings. The molecule has 0 fully saturated rings. The Hall–Kier alpha value is -2.23. The smallest absolute Gasteiger partial charge is 0.128 e. The Bertz CT molecular complexity index is 584. The second-order valence-electron chi connectivity index (χ2n) is 4.31. The van der Waals surface area contributed by atoms with E-state index >= 15 is 0 Å². The first-order chi connectivity index (χ1) is 9.10. The highest BCUT2D eigenvalue weighted by atomic mass is 19.1. The molecule has 19 heavy (non-hydrogen) atoms. The molecular weight excluding hydrogens is 245 g/mol. The Kier molecular flexibility index (Phi) is 3.90. The second kappa shape index (κ2) is 5.61. The van der Waals surface area contributed by atoms with Crippen molar-refractivity contribution in [3.8, 4) is 11.5 Å². The summed E-state index contributed by atoms with van der Waals surface area (Å²) in [6.45, 7) is 2.11. The highest BCUT2D eigenvalue weighted by molar-refractivity contribution is 5.47. The minimum absolute atomic E-state index is 0.181. The molecule has 0 aliphatic carbocycles. The first-order valence-electron chi connectivity index (χ1n) is 5.96. The van der Waals surface area contributed by atoms with E-state index in [4.69, 9.17) is 4.74 Å². The number of anilines is 1. The summed E-state index contributed by atoms with van der Waals surface area (Å²) in [5.41, 5.74) is 1.97. The van der Waals surface area contributed by atoms with Crippen LogP contribution in [0.1, 0.15) is 11.1 Å². The highest BCUT2D eigenvalue weighted by Gasteiger charge is 2.04. The minimum Gasteiger partial charge on any atom is -0.508 e. The van der Waals surface area contributed by atoms with Crippen molar-refractivity contribution < 1.29 is 14.2 Å². The normalized spacial score (nSPS) is 10.3. The maximum Gasteiger partial charge on any atom is 0.128 e. The third-order valence-corrected chi connectivity index (χ3v) is 2.94. The van der Waals surface area contributed by atoms with Gasteiger partial charge in [-0.05, 0) is 42.8 Å². The number of hydrogen-bond acceptors (Lipinski definition) is 3. The van der Waals surface area contributed by atoms with Crippen molar-refractivity contribution in [2.24, 2.45) is 0 Å². The molecule has 100 valence electrons. The zero-order valence-electron chi connectivity index (χ0n) is 10.9. The molecular formula is C15H16FNO2. The molecule has 0 unspecified atom stereocenters. The molecule has 0 heterocycles. The topological polar surface area (TPSA) is 41.5 Å². The second-order valence-corrected chi connectivity index (χ2v) is 4.31. The molecule has 0 bridgehead atoms. The number of aryl methyl sites for hydroxylation is 1. The summed E-state index contributed by atoms with van der Waals surface area (Å²) in [5.74, 6) is 0.602. The number of phenolic OH excluding ortho intramolecular Hbond substituents is 1. The maximum absolute atomic E-state index is 13.4. The van der Waals surface area contributed by atoms with Gasteiger partial charge in [-0.15, -0.1) is 0 Å². The van der Waals surface area contributed by atoms with Crippen LogP contribution in [0.4, 0.5) is 10.1 Å². The Morgan fingerprint density at radius 2 is 2.00 bits per heavy atom. The molecule has 0 atom stereocenters. The van der Waals surface area contributed by atoms with Gasteiger partial charge in [-0.1, -0.05) is 6.07 Å². The van der Waals surface area contributed by atoms with Gasteiger partial charge in [0.25, 0.3) is 0 Å². The number of methoxy groups -OCH3 is 1. The zero-order valence-corrected chi connectivity index (χ0v) is 10.9. The number of benzene rings is 2. The van der Waals surface area contributed by atoms with Crippen LogP contribution in [0.5, 0.6) is 11.5 Å². The first kappa shape index (κ1) is 13.2. The van der Waals surface area contributed by atoms with E-state index in [-0.39, 0.29) is 11.6 Å². The maximum atomic E-state index is 13.4. The molecule has 0 aliphatic rings. The molecule has 2 N–H and O–H groups in total. The molecule has 0 saturated heterocycles. The van der Waals surface area contributed by atoms with Crippen molar-refractivity contribution in [3.63, 3.8) is 0 Å². The van der Waals surface area contributed by atoms with Crippen molar-refractivity contribution in [1.82, 2.24) is 0 Å². The molecule has 2 rings (SSSR count). The zero-order chi connectivity index (χ0) is 13.8. The van der Waals surface area contributed by atoms with E-state index in [1.54, 1.807) is 44.4 Å². The van der Waals surface area contributed by atoms with Gasteiger partial charge in [0.1, 0.15) is 17.3 Å². The van der Waals surface area contributed by atoms with Gasteiger partial charge in [0, 0.05) is 17.8 Å². The van der Waals surface area contributed by atoms with E-state index < -0.39 is 0 Å². The number of aromatic hydroxyl groups is 1. The lowest BCUT2D eigenvalue weighted by Gasteiger charge is -2.10. The van der Waals surface area contributed by atoms with Crippen LogP contribution >= 0.6 is 0 Å². The Labute approximate surface area is 111 Å². The van der Waals surface area contributed by atoms with E-state index in [1.165, 1.54) is 6.07 Å². The standard InChI is InChI=1S/C15H16FNO2/c1-10-3-4-12(8-14(10)16)17-9-11-7-13(19-2)5-6-15(11)18/h3-8,17-18H,9H2,1-2H3. The van der Waals surface area contributed by atoms with Crippen molar-refractivity contribution in [3.05, 3.63) is 53.3 Å². The Morgan fingerprint density at radius 1 is 1.21 bits per heavy atom. The summed E-state index contributed by atoms with van der Waals surface area (Å²) in [6.07, 6.45) is 0. The fraction of sp³-hybridized carbons (Fsp3) is 0.200. The van der Waals surface area contributed by atoms with Crippen LogP contribution in [0.2, 0.25) is 0 Å². The molecule has 0 amide bonds. The number of nitrogens with one attached hydrogen (secondary N) is 1.